The molecule has 0 atom stereocenters. The second-order valence-corrected chi connectivity index (χ2v) is 6.35. The SMILES string of the molecule is c1ccc2c(c1)ccn2-c1nc(N2CCNCC2)nc2ccccc12. The molecule has 2 aromatic heterocycles. The van der Waals surface area contributed by atoms with Crippen LogP contribution in [-0.4, -0.2) is 40.7 Å². The molecule has 5 heteroatoms. The molecule has 0 spiro atoms. The predicted molar refractivity (Wildman–Crippen MR) is 101 cm³/mol. The lowest BCUT2D eigenvalue weighted by atomic mass is 10.2. The van der Waals surface area contributed by atoms with Crippen molar-refractivity contribution in [3.8, 4) is 5.82 Å². The third kappa shape index (κ3) is 2.44. The van der Waals surface area contributed by atoms with Crippen LogP contribution < -0.4 is 10.2 Å². The Morgan fingerprint density at radius 3 is 2.56 bits per heavy atom. The number of para-hydroxylation sites is 2. The summed E-state index contributed by atoms with van der Waals surface area (Å²) in [5, 5.41) is 5.67. The van der Waals surface area contributed by atoms with Crippen molar-refractivity contribution in [1.82, 2.24) is 19.9 Å². The number of anilines is 1. The highest BCUT2D eigenvalue weighted by atomic mass is 15.3. The number of benzene rings is 2. The van der Waals surface area contributed by atoms with E-state index in [0.717, 1.165) is 54.4 Å². The minimum atomic E-state index is 0.813. The maximum absolute atomic E-state index is 4.97. The van der Waals surface area contributed by atoms with Gasteiger partial charge in [-0.25, -0.2) is 4.98 Å². The number of piperazine rings is 1. The third-order valence-corrected chi connectivity index (χ3v) is 4.80. The smallest absolute Gasteiger partial charge is 0.228 e. The number of rotatable bonds is 2. The number of nitrogens with zero attached hydrogens (tertiary/aromatic N) is 4. The van der Waals surface area contributed by atoms with Gasteiger partial charge in [0, 0.05) is 37.8 Å². The van der Waals surface area contributed by atoms with Crippen molar-refractivity contribution in [3.63, 3.8) is 0 Å². The van der Waals surface area contributed by atoms with Gasteiger partial charge in [0.15, 0.2) is 5.82 Å². The van der Waals surface area contributed by atoms with Crippen molar-refractivity contribution in [2.24, 2.45) is 0 Å². The van der Waals surface area contributed by atoms with Gasteiger partial charge in [0.2, 0.25) is 5.95 Å². The number of nitrogens with one attached hydrogen (secondary N) is 1. The van der Waals surface area contributed by atoms with Gasteiger partial charge in [-0.15, -0.1) is 0 Å². The highest BCUT2D eigenvalue weighted by molar-refractivity contribution is 5.90. The topological polar surface area (TPSA) is 46.0 Å². The first-order valence-corrected chi connectivity index (χ1v) is 8.69. The van der Waals surface area contributed by atoms with E-state index in [4.69, 9.17) is 9.97 Å². The van der Waals surface area contributed by atoms with Crippen molar-refractivity contribution in [2.75, 3.05) is 31.1 Å². The van der Waals surface area contributed by atoms with Gasteiger partial charge in [-0.05, 0) is 29.7 Å². The van der Waals surface area contributed by atoms with Crippen LogP contribution in [0, 0.1) is 0 Å². The van der Waals surface area contributed by atoms with Gasteiger partial charge >= 0.3 is 0 Å². The summed E-state index contributed by atoms with van der Waals surface area (Å²) >= 11 is 0. The molecule has 0 amide bonds. The number of hydrogen-bond acceptors (Lipinski definition) is 4. The van der Waals surface area contributed by atoms with E-state index in [0.29, 0.717) is 0 Å². The van der Waals surface area contributed by atoms with Crippen molar-refractivity contribution >= 4 is 27.8 Å². The molecule has 25 heavy (non-hydrogen) atoms. The Labute approximate surface area is 145 Å². The maximum Gasteiger partial charge on any atom is 0.228 e. The molecule has 1 N–H and O–H groups in total. The Hall–Kier alpha value is -2.92. The van der Waals surface area contributed by atoms with Gasteiger partial charge in [-0.3, -0.25) is 0 Å². The first kappa shape index (κ1) is 14.4. The largest absolute Gasteiger partial charge is 0.338 e. The molecule has 4 aromatic rings. The molecular weight excluding hydrogens is 310 g/mol. The summed E-state index contributed by atoms with van der Waals surface area (Å²) in [4.78, 5) is 12.1. The average Bonchev–Trinajstić information content (AvgIpc) is 3.12. The van der Waals surface area contributed by atoms with E-state index in [1.807, 2.05) is 12.1 Å². The first-order valence-electron chi connectivity index (χ1n) is 8.69. The zero-order chi connectivity index (χ0) is 16.6. The second kappa shape index (κ2) is 5.86. The lowest BCUT2D eigenvalue weighted by Crippen LogP contribution is -2.44. The Morgan fingerprint density at radius 1 is 0.840 bits per heavy atom. The summed E-state index contributed by atoms with van der Waals surface area (Å²) < 4.78 is 2.17. The normalized spacial score (nSPS) is 15.1. The number of fused-ring (bicyclic) bond motifs is 2. The number of hydrogen-bond donors (Lipinski definition) is 1. The minimum absolute atomic E-state index is 0.813. The van der Waals surface area contributed by atoms with Crippen LogP contribution in [0.4, 0.5) is 5.95 Å². The van der Waals surface area contributed by atoms with Crippen LogP contribution in [0.1, 0.15) is 0 Å². The summed E-state index contributed by atoms with van der Waals surface area (Å²) in [6.07, 6.45) is 2.10. The van der Waals surface area contributed by atoms with E-state index < -0.39 is 0 Å². The van der Waals surface area contributed by atoms with Crippen LogP contribution in [0.2, 0.25) is 0 Å². The zero-order valence-corrected chi connectivity index (χ0v) is 13.9. The molecule has 1 aliphatic heterocycles. The molecule has 0 bridgehead atoms. The van der Waals surface area contributed by atoms with Crippen molar-refractivity contribution in [3.05, 3.63) is 60.8 Å². The van der Waals surface area contributed by atoms with Crippen LogP contribution in [0.5, 0.6) is 0 Å². The molecule has 1 saturated heterocycles. The average molecular weight is 329 g/mol. The molecule has 0 unspecified atom stereocenters. The van der Waals surface area contributed by atoms with Crippen molar-refractivity contribution in [1.29, 1.82) is 0 Å². The first-order chi connectivity index (χ1) is 12.4. The summed E-state index contributed by atoms with van der Waals surface area (Å²) in [6, 6.07) is 18.8. The van der Waals surface area contributed by atoms with Crippen LogP contribution in [0.15, 0.2) is 60.8 Å². The second-order valence-electron chi connectivity index (χ2n) is 6.35. The summed E-state index contributed by atoms with van der Waals surface area (Å²) in [5.41, 5.74) is 2.15. The molecule has 5 nitrogen and oxygen atoms in total. The van der Waals surface area contributed by atoms with Gasteiger partial charge in [-0.1, -0.05) is 30.3 Å². The van der Waals surface area contributed by atoms with Gasteiger partial charge in [0.1, 0.15) is 0 Å². The van der Waals surface area contributed by atoms with Crippen LogP contribution in [-0.2, 0) is 0 Å². The Morgan fingerprint density at radius 2 is 1.64 bits per heavy atom. The fourth-order valence-electron chi connectivity index (χ4n) is 3.51. The zero-order valence-electron chi connectivity index (χ0n) is 13.9. The fraction of sp³-hybridized carbons (Fsp3) is 0.200. The van der Waals surface area contributed by atoms with Gasteiger partial charge in [-0.2, -0.15) is 4.98 Å². The molecule has 0 radical (unpaired) electrons. The molecule has 124 valence electrons. The van der Waals surface area contributed by atoms with E-state index in [-0.39, 0.29) is 0 Å². The van der Waals surface area contributed by atoms with Gasteiger partial charge in [0.05, 0.1) is 11.0 Å². The van der Waals surface area contributed by atoms with E-state index in [1.54, 1.807) is 0 Å². The van der Waals surface area contributed by atoms with E-state index in [2.05, 4.69) is 63.4 Å². The molecule has 0 saturated carbocycles. The van der Waals surface area contributed by atoms with E-state index in [9.17, 15) is 0 Å². The highest BCUT2D eigenvalue weighted by Crippen LogP contribution is 2.26. The quantitative estimate of drug-likeness (QED) is 0.614. The predicted octanol–water partition coefficient (Wildman–Crippen LogP) is 2.98. The standard InChI is InChI=1S/C20H19N5/c1-4-8-18-15(5-1)9-12-25(18)19-16-6-2-3-7-17(16)22-20(23-19)24-13-10-21-11-14-24/h1-9,12,21H,10-11,13-14H2. The van der Waals surface area contributed by atoms with Crippen LogP contribution in [0.3, 0.4) is 0 Å². The molecular formula is C20H19N5. The lowest BCUT2D eigenvalue weighted by Gasteiger charge is -2.28. The van der Waals surface area contributed by atoms with Crippen LogP contribution in [0.25, 0.3) is 27.6 Å². The highest BCUT2D eigenvalue weighted by Gasteiger charge is 2.17. The van der Waals surface area contributed by atoms with Crippen molar-refractivity contribution in [2.45, 2.75) is 0 Å². The Bertz CT molecular complexity index is 1050. The van der Waals surface area contributed by atoms with Crippen LogP contribution >= 0.6 is 0 Å². The Kier molecular flexibility index (Phi) is 3.38. The molecule has 3 heterocycles. The summed E-state index contributed by atoms with van der Waals surface area (Å²) in [6.45, 7) is 3.81. The molecule has 2 aromatic carbocycles. The summed E-state index contributed by atoms with van der Waals surface area (Å²) in [7, 11) is 0. The maximum atomic E-state index is 4.97. The fourth-order valence-corrected chi connectivity index (χ4v) is 3.51. The summed E-state index contributed by atoms with van der Waals surface area (Å²) in [5.74, 6) is 1.76. The molecule has 0 aliphatic carbocycles. The van der Waals surface area contributed by atoms with Gasteiger partial charge < -0.3 is 14.8 Å². The van der Waals surface area contributed by atoms with Crippen molar-refractivity contribution < 1.29 is 0 Å². The van der Waals surface area contributed by atoms with Gasteiger partial charge in [0.25, 0.3) is 0 Å². The third-order valence-electron chi connectivity index (χ3n) is 4.80. The molecule has 5 rings (SSSR count). The monoisotopic (exact) mass is 329 g/mol. The molecule has 1 fully saturated rings. The van der Waals surface area contributed by atoms with E-state index in [1.165, 1.54) is 5.39 Å². The number of aromatic nitrogens is 3. The lowest BCUT2D eigenvalue weighted by molar-refractivity contribution is 0.580. The van der Waals surface area contributed by atoms with E-state index >= 15 is 0 Å². The molecule has 1 aliphatic rings. The minimum Gasteiger partial charge on any atom is -0.338 e. The Balaban J connectivity index is 1.75.